The first-order valence-electron chi connectivity index (χ1n) is 11.1. The van der Waals surface area contributed by atoms with E-state index in [9.17, 15) is 18.4 Å². The third-order valence-electron chi connectivity index (χ3n) is 6.27. The van der Waals surface area contributed by atoms with Crippen LogP contribution in [0.3, 0.4) is 0 Å². The van der Waals surface area contributed by atoms with Gasteiger partial charge in [0.25, 0.3) is 0 Å². The van der Waals surface area contributed by atoms with E-state index in [0.29, 0.717) is 23.3 Å². The minimum Gasteiger partial charge on any atom is -0.618 e. The molecule has 0 N–H and O–H groups in total. The van der Waals surface area contributed by atoms with E-state index in [2.05, 4.69) is 0 Å². The zero-order valence-electron chi connectivity index (χ0n) is 18.7. The van der Waals surface area contributed by atoms with E-state index in [4.69, 9.17) is 16.6 Å². The Hall–Kier alpha value is -3.64. The van der Waals surface area contributed by atoms with Gasteiger partial charge in [0.05, 0.1) is 27.8 Å². The summed E-state index contributed by atoms with van der Waals surface area (Å²) < 4.78 is 43.1. The Balaban J connectivity index is 1.57. The summed E-state index contributed by atoms with van der Waals surface area (Å²) in [6.07, 6.45) is 2.13. The smallest absolute Gasteiger partial charge is 0.201 e. The number of nitrogens with zero attached hydrogens (tertiary/aromatic N) is 2. The molecule has 0 aliphatic carbocycles. The number of fused-ring (bicyclic) bond motifs is 1. The Morgan fingerprint density at radius 1 is 1.00 bits per heavy atom. The number of hydrogen-bond donors (Lipinski definition) is 0. The van der Waals surface area contributed by atoms with Gasteiger partial charge in [0.15, 0.2) is 12.0 Å². The van der Waals surface area contributed by atoms with Gasteiger partial charge in [-0.3, -0.25) is 4.99 Å². The van der Waals surface area contributed by atoms with Crippen LogP contribution in [0.4, 0.5) is 18.9 Å². The van der Waals surface area contributed by atoms with Gasteiger partial charge in [0.2, 0.25) is 5.69 Å². The second kappa shape index (κ2) is 9.19. The second-order valence-electron chi connectivity index (χ2n) is 8.68. The Morgan fingerprint density at radius 3 is 2.51 bits per heavy atom. The van der Waals surface area contributed by atoms with Gasteiger partial charge in [-0.05, 0) is 66.4 Å². The van der Waals surface area contributed by atoms with Gasteiger partial charge in [-0.25, -0.2) is 13.2 Å². The van der Waals surface area contributed by atoms with E-state index in [1.807, 2.05) is 25.1 Å². The highest BCUT2D eigenvalue weighted by Crippen LogP contribution is 2.35. The van der Waals surface area contributed by atoms with Crippen LogP contribution in [0.1, 0.15) is 28.3 Å². The lowest BCUT2D eigenvalue weighted by Crippen LogP contribution is -2.36. The lowest BCUT2D eigenvalue weighted by atomic mass is 9.88. The third-order valence-corrected chi connectivity index (χ3v) is 6.56. The van der Waals surface area contributed by atoms with Crippen molar-refractivity contribution in [3.8, 4) is 11.1 Å². The van der Waals surface area contributed by atoms with Crippen molar-refractivity contribution in [3.05, 3.63) is 123 Å². The molecule has 1 atom stereocenters. The molecule has 3 aromatic carbocycles. The third kappa shape index (κ3) is 4.54. The number of halogens is 4. The van der Waals surface area contributed by atoms with Crippen LogP contribution in [0.15, 0.2) is 77.9 Å². The minimum absolute atomic E-state index is 0.0778. The molecule has 5 rings (SSSR count). The largest absolute Gasteiger partial charge is 0.618 e. The fourth-order valence-electron chi connectivity index (χ4n) is 4.47. The molecular formula is C28H20ClF3N2O. The molecule has 7 heteroatoms. The number of aromatic nitrogens is 1. The van der Waals surface area contributed by atoms with Crippen LogP contribution in [0, 0.1) is 29.6 Å². The Kier molecular flexibility index (Phi) is 6.07. The quantitative estimate of drug-likeness (QED) is 0.167. The molecule has 0 spiro atoms. The standard InChI is InChI=1S/C28H20ClF3N2O/c1-16-2-5-18-14-25(33-24(18)12-16)21(13-17-3-7-20(30)8-4-17)26-11-6-19(15-34(26)35)27-23(31)10-9-22(29)28(27)32/h2-12,15,21H,13-14H2,1H3/t21-/m1/s1. The van der Waals surface area contributed by atoms with Gasteiger partial charge in [0.1, 0.15) is 11.6 Å². The zero-order valence-corrected chi connectivity index (χ0v) is 19.5. The Morgan fingerprint density at radius 2 is 1.77 bits per heavy atom. The molecule has 0 amide bonds. The molecule has 176 valence electrons. The summed E-state index contributed by atoms with van der Waals surface area (Å²) in [5.41, 5.74) is 4.74. The van der Waals surface area contributed by atoms with E-state index in [1.54, 1.807) is 18.2 Å². The first-order chi connectivity index (χ1) is 16.8. The number of benzene rings is 3. The van der Waals surface area contributed by atoms with Gasteiger partial charge >= 0.3 is 0 Å². The predicted octanol–water partition coefficient (Wildman–Crippen LogP) is 7.02. The normalized spacial score (nSPS) is 13.5. The molecule has 0 bridgehead atoms. The number of aryl methyl sites for hydroxylation is 1. The molecule has 3 nitrogen and oxygen atoms in total. The average molecular weight is 493 g/mol. The molecule has 1 aromatic heterocycles. The van der Waals surface area contributed by atoms with Crippen molar-refractivity contribution in [2.45, 2.75) is 25.7 Å². The van der Waals surface area contributed by atoms with Crippen molar-refractivity contribution in [3.63, 3.8) is 0 Å². The van der Waals surface area contributed by atoms with Crippen LogP contribution in [0.2, 0.25) is 5.02 Å². The van der Waals surface area contributed by atoms with Gasteiger partial charge in [0, 0.05) is 18.2 Å². The highest BCUT2D eigenvalue weighted by molar-refractivity contribution is 6.31. The van der Waals surface area contributed by atoms with E-state index < -0.39 is 17.6 Å². The maximum Gasteiger partial charge on any atom is 0.201 e. The molecular weight excluding hydrogens is 473 g/mol. The molecule has 0 saturated heterocycles. The second-order valence-corrected chi connectivity index (χ2v) is 9.09. The summed E-state index contributed by atoms with van der Waals surface area (Å²) in [6, 6.07) is 17.4. The highest BCUT2D eigenvalue weighted by atomic mass is 35.5. The molecule has 35 heavy (non-hydrogen) atoms. The fraction of sp³-hybridized carbons (Fsp3) is 0.143. The summed E-state index contributed by atoms with van der Waals surface area (Å²) >= 11 is 5.83. The van der Waals surface area contributed by atoms with E-state index in [-0.39, 0.29) is 22.0 Å². The lowest BCUT2D eigenvalue weighted by Gasteiger charge is -2.18. The van der Waals surface area contributed by atoms with Crippen molar-refractivity contribution in [1.82, 2.24) is 0 Å². The number of pyridine rings is 1. The summed E-state index contributed by atoms with van der Waals surface area (Å²) in [4.78, 5) is 4.82. The minimum atomic E-state index is -0.923. The predicted molar refractivity (Wildman–Crippen MR) is 131 cm³/mol. The van der Waals surface area contributed by atoms with Crippen LogP contribution in [0.5, 0.6) is 0 Å². The number of rotatable bonds is 5. The van der Waals surface area contributed by atoms with Crippen LogP contribution in [0.25, 0.3) is 11.1 Å². The van der Waals surface area contributed by atoms with Crippen LogP contribution < -0.4 is 4.73 Å². The molecule has 0 radical (unpaired) electrons. The SMILES string of the molecule is Cc1ccc2c(c1)N=C([C@@H](Cc1ccc(F)cc1)c1ccc(-c3c(F)ccc(Cl)c3F)c[n+]1[O-])C2. The highest BCUT2D eigenvalue weighted by Gasteiger charge is 2.30. The fourth-order valence-corrected chi connectivity index (χ4v) is 4.63. The summed E-state index contributed by atoms with van der Waals surface area (Å²) in [5.74, 6) is -2.50. The molecule has 4 aromatic rings. The van der Waals surface area contributed by atoms with Gasteiger partial charge in [-0.1, -0.05) is 35.9 Å². The lowest BCUT2D eigenvalue weighted by molar-refractivity contribution is -0.614. The number of aliphatic imine (C=N–C) groups is 1. The van der Waals surface area contributed by atoms with Crippen molar-refractivity contribution in [1.29, 1.82) is 0 Å². The topological polar surface area (TPSA) is 39.3 Å². The van der Waals surface area contributed by atoms with E-state index >= 15 is 0 Å². The summed E-state index contributed by atoms with van der Waals surface area (Å²) in [6.45, 7) is 1.99. The van der Waals surface area contributed by atoms with Crippen molar-refractivity contribution >= 4 is 23.0 Å². The monoisotopic (exact) mass is 492 g/mol. The molecule has 1 aliphatic rings. The van der Waals surface area contributed by atoms with E-state index in [1.165, 1.54) is 18.2 Å². The van der Waals surface area contributed by atoms with Gasteiger partial charge in [-0.2, -0.15) is 4.73 Å². The van der Waals surface area contributed by atoms with Crippen LogP contribution in [-0.4, -0.2) is 5.71 Å². The van der Waals surface area contributed by atoms with Gasteiger partial charge in [-0.15, -0.1) is 0 Å². The van der Waals surface area contributed by atoms with Crippen LogP contribution in [-0.2, 0) is 12.8 Å². The molecule has 0 saturated carbocycles. The van der Waals surface area contributed by atoms with Crippen LogP contribution >= 0.6 is 11.6 Å². The average Bonchev–Trinajstić information content (AvgIpc) is 3.25. The summed E-state index contributed by atoms with van der Waals surface area (Å²) in [7, 11) is 0. The van der Waals surface area contributed by atoms with Crippen molar-refractivity contribution < 1.29 is 17.9 Å². The Bertz CT molecular complexity index is 1470. The van der Waals surface area contributed by atoms with E-state index in [0.717, 1.165) is 46.4 Å². The molecule has 2 heterocycles. The number of hydrogen-bond acceptors (Lipinski definition) is 2. The first-order valence-corrected chi connectivity index (χ1v) is 11.5. The van der Waals surface area contributed by atoms with Crippen molar-refractivity contribution in [2.24, 2.45) is 4.99 Å². The maximum atomic E-state index is 14.6. The summed E-state index contributed by atoms with van der Waals surface area (Å²) in [5, 5.41) is 13.0. The van der Waals surface area contributed by atoms with Crippen molar-refractivity contribution in [2.75, 3.05) is 0 Å². The molecule has 1 aliphatic heterocycles. The first kappa shape index (κ1) is 23.1. The molecule has 0 fully saturated rings. The maximum absolute atomic E-state index is 14.6. The Labute approximate surface area is 205 Å². The van der Waals surface area contributed by atoms with Gasteiger partial charge < -0.3 is 5.21 Å². The molecule has 0 unspecified atom stereocenters. The zero-order chi connectivity index (χ0) is 24.7.